The predicted octanol–water partition coefficient (Wildman–Crippen LogP) is 4.55. The molecule has 86 valence electrons. The third kappa shape index (κ3) is 1.54. The number of fused-ring (bicyclic) bond motifs is 1. The molecule has 0 unspecified atom stereocenters. The summed E-state index contributed by atoms with van der Waals surface area (Å²) in [6, 6.07) is 0. The van der Waals surface area contributed by atoms with Gasteiger partial charge in [0.15, 0.2) is 4.96 Å². The van der Waals surface area contributed by atoms with E-state index in [0.717, 1.165) is 4.96 Å². The van der Waals surface area contributed by atoms with Crippen molar-refractivity contribution in [3.05, 3.63) is 21.4 Å². The summed E-state index contributed by atoms with van der Waals surface area (Å²) < 4.78 is 3.38. The largest absolute Gasteiger partial charge is 0.284 e. The Bertz CT molecular complexity index is 522. The van der Waals surface area contributed by atoms with Gasteiger partial charge in [-0.25, -0.2) is 4.98 Å². The van der Waals surface area contributed by atoms with Gasteiger partial charge in [-0.2, -0.15) is 0 Å². The zero-order valence-corrected chi connectivity index (χ0v) is 11.9. The quantitative estimate of drug-likeness (QED) is 0.795. The van der Waals surface area contributed by atoms with Crippen LogP contribution >= 0.6 is 27.3 Å². The Morgan fingerprint density at radius 3 is 2.75 bits per heavy atom. The summed E-state index contributed by atoms with van der Waals surface area (Å²) in [7, 11) is 0. The van der Waals surface area contributed by atoms with E-state index < -0.39 is 0 Å². The Morgan fingerprint density at radius 1 is 1.50 bits per heavy atom. The van der Waals surface area contributed by atoms with E-state index in [2.05, 4.69) is 40.4 Å². The van der Waals surface area contributed by atoms with Crippen LogP contribution in [-0.2, 0) is 0 Å². The second-order valence-electron chi connectivity index (χ2n) is 4.86. The normalized spacial score (nSPS) is 17.2. The molecule has 1 aliphatic carbocycles. The Kier molecular flexibility index (Phi) is 2.59. The number of imidazole rings is 1. The van der Waals surface area contributed by atoms with Crippen LogP contribution in [0.3, 0.4) is 0 Å². The van der Waals surface area contributed by atoms with Crippen LogP contribution in [0.4, 0.5) is 0 Å². The molecule has 2 nitrogen and oxygen atoms in total. The average Bonchev–Trinajstić information content (AvgIpc) is 2.66. The van der Waals surface area contributed by atoms with Crippen LogP contribution in [-0.4, -0.2) is 9.38 Å². The molecular weight excluding hydrogens is 284 g/mol. The van der Waals surface area contributed by atoms with Crippen molar-refractivity contribution in [2.75, 3.05) is 0 Å². The van der Waals surface area contributed by atoms with E-state index in [1.807, 2.05) is 11.3 Å². The van der Waals surface area contributed by atoms with E-state index in [4.69, 9.17) is 4.98 Å². The maximum atomic E-state index is 4.77. The first kappa shape index (κ1) is 10.8. The first-order valence-electron chi connectivity index (χ1n) is 5.84. The van der Waals surface area contributed by atoms with Crippen molar-refractivity contribution in [3.8, 4) is 0 Å². The SMILES string of the molecule is CC(C)c1cn2c(Br)c(C3CCC3)nc2s1. The molecule has 1 aliphatic rings. The van der Waals surface area contributed by atoms with Gasteiger partial charge in [0.2, 0.25) is 0 Å². The van der Waals surface area contributed by atoms with E-state index >= 15 is 0 Å². The van der Waals surface area contributed by atoms with Crippen molar-refractivity contribution < 1.29 is 0 Å². The maximum absolute atomic E-state index is 4.77. The molecule has 2 heterocycles. The minimum Gasteiger partial charge on any atom is -0.284 e. The maximum Gasteiger partial charge on any atom is 0.195 e. The highest BCUT2D eigenvalue weighted by atomic mass is 79.9. The lowest BCUT2D eigenvalue weighted by Crippen LogP contribution is -2.09. The zero-order chi connectivity index (χ0) is 11.3. The van der Waals surface area contributed by atoms with Crippen molar-refractivity contribution in [1.29, 1.82) is 0 Å². The van der Waals surface area contributed by atoms with Crippen LogP contribution in [0.15, 0.2) is 10.8 Å². The number of thiazole rings is 1. The Balaban J connectivity index is 2.07. The third-order valence-electron chi connectivity index (χ3n) is 3.37. The summed E-state index contributed by atoms with van der Waals surface area (Å²) in [5, 5.41) is 0. The molecule has 2 aromatic heterocycles. The number of aromatic nitrogens is 2. The molecule has 2 aromatic rings. The van der Waals surface area contributed by atoms with Crippen LogP contribution in [0.2, 0.25) is 0 Å². The molecule has 0 amide bonds. The lowest BCUT2D eigenvalue weighted by atomic mass is 9.83. The Morgan fingerprint density at radius 2 is 2.25 bits per heavy atom. The standard InChI is InChI=1S/C12H15BrN2S/c1-7(2)9-6-15-11(13)10(8-4-3-5-8)14-12(15)16-9/h6-8H,3-5H2,1-2H3. The molecule has 0 atom stereocenters. The van der Waals surface area contributed by atoms with Gasteiger partial charge >= 0.3 is 0 Å². The fraction of sp³-hybridized carbons (Fsp3) is 0.583. The van der Waals surface area contributed by atoms with Gasteiger partial charge in [0.1, 0.15) is 4.60 Å². The fourth-order valence-electron chi connectivity index (χ4n) is 2.06. The van der Waals surface area contributed by atoms with Gasteiger partial charge < -0.3 is 0 Å². The van der Waals surface area contributed by atoms with Crippen LogP contribution in [0.1, 0.15) is 55.5 Å². The number of hydrogen-bond acceptors (Lipinski definition) is 2. The van der Waals surface area contributed by atoms with Crippen LogP contribution in [0.25, 0.3) is 4.96 Å². The van der Waals surface area contributed by atoms with Gasteiger partial charge in [0.05, 0.1) is 5.69 Å². The molecule has 0 radical (unpaired) electrons. The molecule has 0 N–H and O–H groups in total. The van der Waals surface area contributed by atoms with Crippen molar-refractivity contribution in [3.63, 3.8) is 0 Å². The minimum atomic E-state index is 0.589. The summed E-state index contributed by atoms with van der Waals surface area (Å²) in [6.07, 6.45) is 6.20. The topological polar surface area (TPSA) is 17.3 Å². The van der Waals surface area contributed by atoms with Gasteiger partial charge in [-0.3, -0.25) is 4.40 Å². The molecule has 16 heavy (non-hydrogen) atoms. The molecule has 0 aliphatic heterocycles. The summed E-state index contributed by atoms with van der Waals surface area (Å²) in [6.45, 7) is 4.46. The molecule has 0 bridgehead atoms. The molecule has 1 fully saturated rings. The third-order valence-corrected chi connectivity index (χ3v) is 5.44. The minimum absolute atomic E-state index is 0.589. The molecule has 0 spiro atoms. The van der Waals surface area contributed by atoms with E-state index in [0.29, 0.717) is 11.8 Å². The number of nitrogens with zero attached hydrogens (tertiary/aromatic N) is 2. The van der Waals surface area contributed by atoms with Gasteiger partial charge in [-0.1, -0.05) is 20.3 Å². The van der Waals surface area contributed by atoms with E-state index in [1.54, 1.807) is 0 Å². The molecule has 0 aromatic carbocycles. The summed E-state index contributed by atoms with van der Waals surface area (Å²) in [4.78, 5) is 7.31. The highest BCUT2D eigenvalue weighted by Gasteiger charge is 2.26. The summed E-state index contributed by atoms with van der Waals surface area (Å²) >= 11 is 5.51. The van der Waals surface area contributed by atoms with Crippen molar-refractivity contribution in [1.82, 2.24) is 9.38 Å². The molecule has 0 saturated heterocycles. The van der Waals surface area contributed by atoms with Crippen LogP contribution in [0.5, 0.6) is 0 Å². The number of halogens is 1. The zero-order valence-electron chi connectivity index (χ0n) is 9.53. The van der Waals surface area contributed by atoms with Crippen molar-refractivity contribution in [2.45, 2.75) is 44.9 Å². The van der Waals surface area contributed by atoms with E-state index in [9.17, 15) is 0 Å². The van der Waals surface area contributed by atoms with Gasteiger partial charge in [-0.05, 0) is 34.7 Å². The van der Waals surface area contributed by atoms with Crippen molar-refractivity contribution >= 4 is 32.2 Å². The van der Waals surface area contributed by atoms with Crippen LogP contribution in [0, 0.1) is 0 Å². The lowest BCUT2D eigenvalue weighted by Gasteiger charge is -2.23. The van der Waals surface area contributed by atoms with Gasteiger partial charge in [0.25, 0.3) is 0 Å². The first-order chi connectivity index (χ1) is 7.66. The van der Waals surface area contributed by atoms with Crippen molar-refractivity contribution in [2.24, 2.45) is 0 Å². The van der Waals surface area contributed by atoms with E-state index in [-0.39, 0.29) is 0 Å². The molecule has 3 rings (SSSR count). The Labute approximate surface area is 108 Å². The molecule has 4 heteroatoms. The first-order valence-corrected chi connectivity index (χ1v) is 7.45. The van der Waals surface area contributed by atoms with Gasteiger partial charge in [-0.15, -0.1) is 11.3 Å². The molecular formula is C12H15BrN2S. The summed E-state index contributed by atoms with van der Waals surface area (Å²) in [5.41, 5.74) is 1.27. The Hall–Kier alpha value is -0.350. The average molecular weight is 299 g/mol. The highest BCUT2D eigenvalue weighted by Crippen LogP contribution is 2.40. The molecule has 1 saturated carbocycles. The monoisotopic (exact) mass is 298 g/mol. The highest BCUT2D eigenvalue weighted by molar-refractivity contribution is 9.10. The second-order valence-corrected chi connectivity index (χ2v) is 6.65. The second kappa shape index (κ2) is 3.84. The lowest BCUT2D eigenvalue weighted by molar-refractivity contribution is 0.411. The number of hydrogen-bond donors (Lipinski definition) is 0. The summed E-state index contributed by atoms with van der Waals surface area (Å²) in [5.74, 6) is 1.29. The predicted molar refractivity (Wildman–Crippen MR) is 71.5 cm³/mol. The fourth-order valence-corrected chi connectivity index (χ4v) is 3.85. The van der Waals surface area contributed by atoms with E-state index in [1.165, 1.54) is 34.4 Å². The van der Waals surface area contributed by atoms with Gasteiger partial charge in [0, 0.05) is 17.0 Å². The number of rotatable bonds is 2. The smallest absolute Gasteiger partial charge is 0.195 e. The van der Waals surface area contributed by atoms with Crippen LogP contribution < -0.4 is 0 Å².